The SMILES string of the molecule is C[C@H]1Cc2cc(Br)ccc2N1C(=O)CCc1ccc(S(=O)(=O)NCc2ccccc2)cc1. The Morgan fingerprint density at radius 3 is 2.47 bits per heavy atom. The summed E-state index contributed by atoms with van der Waals surface area (Å²) in [6.07, 6.45) is 1.78. The predicted molar refractivity (Wildman–Crippen MR) is 130 cm³/mol. The van der Waals surface area contributed by atoms with Gasteiger partial charge in [-0.2, -0.15) is 0 Å². The molecule has 0 unspecified atom stereocenters. The van der Waals surface area contributed by atoms with E-state index in [9.17, 15) is 13.2 Å². The Bertz CT molecular complexity index is 1210. The number of carbonyl (C=O) groups is 1. The Labute approximate surface area is 197 Å². The van der Waals surface area contributed by atoms with Gasteiger partial charge in [0.05, 0.1) is 4.90 Å². The Kier molecular flexibility index (Phi) is 6.79. The Hall–Kier alpha value is -2.48. The molecule has 1 aliphatic heterocycles. The van der Waals surface area contributed by atoms with Crippen molar-refractivity contribution in [1.29, 1.82) is 0 Å². The van der Waals surface area contributed by atoms with Crippen molar-refractivity contribution in [2.45, 2.75) is 43.7 Å². The smallest absolute Gasteiger partial charge is 0.240 e. The first-order chi connectivity index (χ1) is 15.3. The Balaban J connectivity index is 1.36. The zero-order valence-corrected chi connectivity index (χ0v) is 20.2. The molecule has 0 bridgehead atoms. The fourth-order valence-corrected chi connectivity index (χ4v) is 5.47. The second-order valence-electron chi connectivity index (χ2n) is 8.04. The van der Waals surface area contributed by atoms with Crippen LogP contribution >= 0.6 is 15.9 Å². The molecule has 0 aromatic heterocycles. The molecule has 0 saturated heterocycles. The average Bonchev–Trinajstić information content (AvgIpc) is 3.12. The maximum atomic E-state index is 12.9. The number of hydrogen-bond donors (Lipinski definition) is 1. The third-order valence-electron chi connectivity index (χ3n) is 5.70. The molecule has 166 valence electrons. The third kappa shape index (κ3) is 5.11. The van der Waals surface area contributed by atoms with Crippen molar-refractivity contribution in [2.24, 2.45) is 0 Å². The minimum absolute atomic E-state index is 0.0831. The van der Waals surface area contributed by atoms with Gasteiger partial charge in [0, 0.05) is 29.2 Å². The van der Waals surface area contributed by atoms with Gasteiger partial charge < -0.3 is 4.90 Å². The minimum atomic E-state index is -3.59. The number of carbonyl (C=O) groups excluding carboxylic acids is 1. The van der Waals surface area contributed by atoms with Gasteiger partial charge in [0.1, 0.15) is 0 Å². The van der Waals surface area contributed by atoms with Gasteiger partial charge in [-0.1, -0.05) is 58.4 Å². The van der Waals surface area contributed by atoms with Crippen LogP contribution in [0.5, 0.6) is 0 Å². The van der Waals surface area contributed by atoms with Crippen LogP contribution in [0.4, 0.5) is 5.69 Å². The molecule has 7 heteroatoms. The number of nitrogens with zero attached hydrogens (tertiary/aromatic N) is 1. The first-order valence-electron chi connectivity index (χ1n) is 10.6. The average molecular weight is 513 g/mol. The number of halogens is 1. The molecule has 5 nitrogen and oxygen atoms in total. The number of fused-ring (bicyclic) bond motifs is 1. The lowest BCUT2D eigenvalue weighted by atomic mass is 10.1. The van der Waals surface area contributed by atoms with Crippen molar-refractivity contribution in [3.8, 4) is 0 Å². The highest BCUT2D eigenvalue weighted by atomic mass is 79.9. The van der Waals surface area contributed by atoms with Crippen LogP contribution in [0.25, 0.3) is 0 Å². The number of amides is 1. The summed E-state index contributed by atoms with van der Waals surface area (Å²) in [5.74, 6) is 0.0831. The number of sulfonamides is 1. The molecule has 3 aromatic carbocycles. The molecule has 32 heavy (non-hydrogen) atoms. The number of nitrogens with one attached hydrogen (secondary N) is 1. The summed E-state index contributed by atoms with van der Waals surface area (Å²) in [5, 5.41) is 0. The van der Waals surface area contributed by atoms with E-state index in [0.29, 0.717) is 12.8 Å². The summed E-state index contributed by atoms with van der Waals surface area (Å²) >= 11 is 3.49. The normalized spacial score (nSPS) is 15.6. The van der Waals surface area contributed by atoms with Gasteiger partial charge in [-0.15, -0.1) is 0 Å². The monoisotopic (exact) mass is 512 g/mol. The van der Waals surface area contributed by atoms with E-state index in [2.05, 4.69) is 33.6 Å². The van der Waals surface area contributed by atoms with Crippen molar-refractivity contribution in [1.82, 2.24) is 4.72 Å². The van der Waals surface area contributed by atoms with E-state index in [4.69, 9.17) is 0 Å². The van der Waals surface area contributed by atoms with Gasteiger partial charge in [0.2, 0.25) is 15.9 Å². The van der Waals surface area contributed by atoms with Crippen LogP contribution in [-0.2, 0) is 34.2 Å². The van der Waals surface area contributed by atoms with Crippen LogP contribution in [0, 0.1) is 0 Å². The standard InChI is InChI=1S/C25H25BrN2O3S/c1-18-15-21-16-22(26)10-13-24(21)28(18)25(29)14-9-19-7-11-23(12-8-19)32(30,31)27-17-20-5-3-2-4-6-20/h2-8,10-13,16,18,27H,9,14-15,17H2,1H3/t18-/m0/s1. The van der Waals surface area contributed by atoms with E-state index in [1.165, 1.54) is 5.56 Å². The molecule has 1 atom stereocenters. The van der Waals surface area contributed by atoms with E-state index in [0.717, 1.165) is 27.7 Å². The maximum absolute atomic E-state index is 12.9. The van der Waals surface area contributed by atoms with Gasteiger partial charge in [0.25, 0.3) is 0 Å². The van der Waals surface area contributed by atoms with E-state index in [-0.39, 0.29) is 23.4 Å². The highest BCUT2D eigenvalue weighted by Gasteiger charge is 2.30. The van der Waals surface area contributed by atoms with Gasteiger partial charge >= 0.3 is 0 Å². The van der Waals surface area contributed by atoms with Crippen molar-refractivity contribution in [3.63, 3.8) is 0 Å². The quantitative estimate of drug-likeness (QED) is 0.492. The summed E-state index contributed by atoms with van der Waals surface area (Å²) in [6, 6.07) is 22.3. The molecular weight excluding hydrogens is 488 g/mol. The number of benzene rings is 3. The highest BCUT2D eigenvalue weighted by Crippen LogP contribution is 2.34. The summed E-state index contributed by atoms with van der Waals surface area (Å²) in [6.45, 7) is 2.30. The van der Waals surface area contributed by atoms with Crippen LogP contribution in [0.3, 0.4) is 0 Å². The molecular formula is C25H25BrN2O3S. The molecule has 1 aliphatic rings. The lowest BCUT2D eigenvalue weighted by Crippen LogP contribution is -2.35. The number of rotatable bonds is 7. The van der Waals surface area contributed by atoms with E-state index >= 15 is 0 Å². The van der Waals surface area contributed by atoms with Gasteiger partial charge in [-0.25, -0.2) is 13.1 Å². The van der Waals surface area contributed by atoms with Gasteiger partial charge in [0.15, 0.2) is 0 Å². The number of aryl methyl sites for hydroxylation is 1. The van der Waals surface area contributed by atoms with Crippen molar-refractivity contribution >= 4 is 37.5 Å². The first-order valence-corrected chi connectivity index (χ1v) is 12.8. The lowest BCUT2D eigenvalue weighted by molar-refractivity contribution is -0.118. The Morgan fingerprint density at radius 2 is 1.75 bits per heavy atom. The number of hydrogen-bond acceptors (Lipinski definition) is 3. The van der Waals surface area contributed by atoms with Crippen molar-refractivity contribution in [3.05, 3.63) is 94.0 Å². The van der Waals surface area contributed by atoms with Crippen LogP contribution in [0.1, 0.15) is 30.0 Å². The maximum Gasteiger partial charge on any atom is 0.240 e. The number of anilines is 1. The zero-order valence-electron chi connectivity index (χ0n) is 17.8. The molecule has 0 spiro atoms. The second kappa shape index (κ2) is 9.57. The fourth-order valence-electron chi connectivity index (χ4n) is 4.04. The first kappa shape index (κ1) is 22.7. The highest BCUT2D eigenvalue weighted by molar-refractivity contribution is 9.10. The Morgan fingerprint density at radius 1 is 1.03 bits per heavy atom. The molecule has 1 amide bonds. The fraction of sp³-hybridized carbons (Fsp3) is 0.240. The van der Waals surface area contributed by atoms with Crippen molar-refractivity contribution < 1.29 is 13.2 Å². The van der Waals surface area contributed by atoms with Gasteiger partial charge in [-0.05, 0) is 66.8 Å². The molecule has 0 radical (unpaired) electrons. The lowest BCUT2D eigenvalue weighted by Gasteiger charge is -2.23. The second-order valence-corrected chi connectivity index (χ2v) is 10.7. The molecule has 4 rings (SSSR count). The minimum Gasteiger partial charge on any atom is -0.309 e. The summed E-state index contributed by atoms with van der Waals surface area (Å²) < 4.78 is 28.8. The topological polar surface area (TPSA) is 66.5 Å². The third-order valence-corrected chi connectivity index (χ3v) is 7.61. The van der Waals surface area contributed by atoms with Crippen LogP contribution in [-0.4, -0.2) is 20.4 Å². The predicted octanol–water partition coefficient (Wildman–Crippen LogP) is 4.84. The molecule has 0 aliphatic carbocycles. The summed E-state index contributed by atoms with van der Waals surface area (Å²) in [5.41, 5.74) is 3.99. The van der Waals surface area contributed by atoms with E-state index in [1.807, 2.05) is 47.4 Å². The summed E-state index contributed by atoms with van der Waals surface area (Å²) in [7, 11) is -3.59. The zero-order chi connectivity index (χ0) is 22.7. The van der Waals surface area contributed by atoms with Crippen LogP contribution < -0.4 is 9.62 Å². The van der Waals surface area contributed by atoms with Gasteiger partial charge in [-0.3, -0.25) is 4.79 Å². The molecule has 1 heterocycles. The largest absolute Gasteiger partial charge is 0.309 e. The van der Waals surface area contributed by atoms with Crippen molar-refractivity contribution in [2.75, 3.05) is 4.90 Å². The van der Waals surface area contributed by atoms with Crippen LogP contribution in [0.2, 0.25) is 0 Å². The van der Waals surface area contributed by atoms with E-state index in [1.54, 1.807) is 24.3 Å². The summed E-state index contributed by atoms with van der Waals surface area (Å²) in [4.78, 5) is 15.0. The van der Waals surface area contributed by atoms with E-state index < -0.39 is 10.0 Å². The molecule has 1 N–H and O–H groups in total. The molecule has 0 fully saturated rings. The van der Waals surface area contributed by atoms with Crippen LogP contribution in [0.15, 0.2) is 82.2 Å². The molecule has 0 saturated carbocycles. The molecule has 3 aromatic rings.